The van der Waals surface area contributed by atoms with Gasteiger partial charge in [0.2, 0.25) is 5.88 Å². The Balaban J connectivity index is 0.893. The molecule has 2 aliphatic heterocycles. The standard InChI is InChI=1S/C31H40F3N7O2/c1-39-27(17-43-28-14-24(10-12-35-28)31(32,33)34)37-38-29(39)22-4-2-21(3-5-22)23-15-36-41(16-23)26-8-6-25(7-9-26)40-13-11-30(18-40)19-42-20-30/h10,12,14-16,21-22,25-26H,2-9,11,13,17-20H2,1H3. The molecule has 0 aromatic carbocycles. The SMILES string of the molecule is Cn1c(COc2cc(C(F)(F)F)ccn2)nnc1C1CCC(c2cnn(C3CCC(N4CCC5(COC5)C4)CC3)c2)CC1. The number of hydrogen-bond acceptors (Lipinski definition) is 7. The summed E-state index contributed by atoms with van der Waals surface area (Å²) in [6.45, 7) is 4.36. The van der Waals surface area contributed by atoms with Gasteiger partial charge in [-0.05, 0) is 81.9 Å². The molecule has 3 aromatic rings. The van der Waals surface area contributed by atoms with Crippen molar-refractivity contribution in [3.63, 3.8) is 0 Å². The summed E-state index contributed by atoms with van der Waals surface area (Å²) in [6, 6.07) is 3.04. The molecule has 3 aromatic heterocycles. The van der Waals surface area contributed by atoms with E-state index in [1.54, 1.807) is 0 Å². The fourth-order valence-electron chi connectivity index (χ4n) is 7.70. The number of rotatable bonds is 7. The van der Waals surface area contributed by atoms with Gasteiger partial charge in [-0.25, -0.2) is 4.98 Å². The van der Waals surface area contributed by atoms with Crippen LogP contribution in [-0.4, -0.2) is 66.8 Å². The summed E-state index contributed by atoms with van der Waals surface area (Å²) in [6.07, 6.45) is 11.4. The number of halogens is 3. The molecule has 0 atom stereocenters. The largest absolute Gasteiger partial charge is 0.469 e. The van der Waals surface area contributed by atoms with E-state index in [1.807, 2.05) is 11.6 Å². The van der Waals surface area contributed by atoms with Crippen molar-refractivity contribution in [2.75, 3.05) is 26.3 Å². The average molecular weight is 600 g/mol. The maximum Gasteiger partial charge on any atom is 0.416 e. The fraction of sp³-hybridized carbons (Fsp3) is 0.677. The molecule has 0 N–H and O–H groups in total. The Morgan fingerprint density at radius 3 is 2.44 bits per heavy atom. The minimum absolute atomic E-state index is 0.00201. The molecule has 7 rings (SSSR count). The lowest BCUT2D eigenvalue weighted by atomic mass is 9.79. The molecule has 1 spiro atoms. The summed E-state index contributed by atoms with van der Waals surface area (Å²) >= 11 is 0. The molecule has 43 heavy (non-hydrogen) atoms. The van der Waals surface area contributed by atoms with Gasteiger partial charge in [-0.3, -0.25) is 9.58 Å². The van der Waals surface area contributed by atoms with Crippen molar-refractivity contribution < 1.29 is 22.6 Å². The molecular weight excluding hydrogens is 559 g/mol. The highest BCUT2D eigenvalue weighted by Crippen LogP contribution is 2.43. The molecule has 0 radical (unpaired) electrons. The van der Waals surface area contributed by atoms with E-state index in [2.05, 4.69) is 37.2 Å². The first-order chi connectivity index (χ1) is 20.8. The smallest absolute Gasteiger partial charge is 0.416 e. The van der Waals surface area contributed by atoms with Crippen LogP contribution >= 0.6 is 0 Å². The average Bonchev–Trinajstić information content (AvgIpc) is 3.75. The van der Waals surface area contributed by atoms with E-state index in [0.717, 1.165) is 63.1 Å². The van der Waals surface area contributed by atoms with Gasteiger partial charge in [0.25, 0.3) is 0 Å². The Bertz CT molecular complexity index is 1400. The van der Waals surface area contributed by atoms with E-state index in [9.17, 15) is 13.2 Å². The van der Waals surface area contributed by atoms with E-state index in [1.165, 1.54) is 50.8 Å². The van der Waals surface area contributed by atoms with E-state index in [0.29, 0.717) is 29.2 Å². The normalized spacial score (nSPS) is 27.8. The number of alkyl halides is 3. The van der Waals surface area contributed by atoms with Crippen molar-refractivity contribution in [1.82, 2.24) is 34.4 Å². The summed E-state index contributed by atoms with van der Waals surface area (Å²) in [5.74, 6) is 2.16. The maximum absolute atomic E-state index is 13.0. The molecular formula is C31H40F3N7O2. The van der Waals surface area contributed by atoms with Gasteiger partial charge in [-0.15, -0.1) is 10.2 Å². The molecule has 0 amide bonds. The van der Waals surface area contributed by atoms with Crippen LogP contribution in [0.25, 0.3) is 0 Å². The van der Waals surface area contributed by atoms with Crippen molar-refractivity contribution in [2.24, 2.45) is 12.5 Å². The van der Waals surface area contributed by atoms with E-state index >= 15 is 0 Å². The topological polar surface area (TPSA) is 83.1 Å². The number of hydrogen-bond donors (Lipinski definition) is 0. The third kappa shape index (κ3) is 5.92. The summed E-state index contributed by atoms with van der Waals surface area (Å²) in [5, 5.41) is 13.5. The van der Waals surface area contributed by atoms with Gasteiger partial charge in [0.15, 0.2) is 5.82 Å². The minimum atomic E-state index is -4.45. The van der Waals surface area contributed by atoms with E-state index in [-0.39, 0.29) is 18.4 Å². The first-order valence-corrected chi connectivity index (χ1v) is 15.7. The Morgan fingerprint density at radius 2 is 1.74 bits per heavy atom. The predicted octanol–water partition coefficient (Wildman–Crippen LogP) is 5.65. The first kappa shape index (κ1) is 28.8. The zero-order valence-electron chi connectivity index (χ0n) is 24.7. The highest BCUT2D eigenvalue weighted by atomic mass is 19.4. The number of pyridine rings is 1. The number of nitrogens with zero attached hydrogens (tertiary/aromatic N) is 7. The second-order valence-corrected chi connectivity index (χ2v) is 13.2. The molecule has 2 aliphatic carbocycles. The van der Waals surface area contributed by atoms with Gasteiger partial charge < -0.3 is 14.0 Å². The van der Waals surface area contributed by atoms with Crippen LogP contribution in [0.4, 0.5) is 13.2 Å². The summed E-state index contributed by atoms with van der Waals surface area (Å²) in [7, 11) is 1.89. The van der Waals surface area contributed by atoms with Gasteiger partial charge in [-0.1, -0.05) is 0 Å². The molecule has 2 saturated carbocycles. The van der Waals surface area contributed by atoms with Crippen LogP contribution in [-0.2, 0) is 24.6 Å². The molecule has 5 heterocycles. The predicted molar refractivity (Wildman–Crippen MR) is 151 cm³/mol. The lowest BCUT2D eigenvalue weighted by molar-refractivity contribution is -0.137. The highest BCUT2D eigenvalue weighted by molar-refractivity contribution is 5.23. The molecule has 232 valence electrons. The summed E-state index contributed by atoms with van der Waals surface area (Å²) in [5.41, 5.74) is 1.01. The van der Waals surface area contributed by atoms with Gasteiger partial charge in [0.1, 0.15) is 12.4 Å². The minimum Gasteiger partial charge on any atom is -0.469 e. The Morgan fingerprint density at radius 1 is 1.00 bits per heavy atom. The van der Waals surface area contributed by atoms with E-state index < -0.39 is 11.7 Å². The third-order valence-electron chi connectivity index (χ3n) is 10.4. The van der Waals surface area contributed by atoms with Crippen LogP contribution < -0.4 is 4.74 Å². The molecule has 4 aliphatic rings. The van der Waals surface area contributed by atoms with Crippen molar-refractivity contribution in [3.8, 4) is 5.88 Å². The molecule has 0 unspecified atom stereocenters. The quantitative estimate of drug-likeness (QED) is 0.347. The third-order valence-corrected chi connectivity index (χ3v) is 10.4. The van der Waals surface area contributed by atoms with E-state index in [4.69, 9.17) is 14.6 Å². The Kier molecular flexibility index (Phi) is 7.69. The van der Waals surface area contributed by atoms with Crippen LogP contribution in [0.2, 0.25) is 0 Å². The maximum atomic E-state index is 13.0. The monoisotopic (exact) mass is 599 g/mol. The van der Waals surface area contributed by atoms with Gasteiger partial charge in [-0.2, -0.15) is 18.3 Å². The lowest BCUT2D eigenvalue weighted by Gasteiger charge is -2.40. The molecule has 9 nitrogen and oxygen atoms in total. The van der Waals surface area contributed by atoms with Crippen LogP contribution in [0.15, 0.2) is 30.7 Å². The Labute approximate surface area is 249 Å². The summed E-state index contributed by atoms with van der Waals surface area (Å²) in [4.78, 5) is 6.63. The summed E-state index contributed by atoms with van der Waals surface area (Å²) < 4.78 is 54.2. The van der Waals surface area contributed by atoms with Gasteiger partial charge in [0.05, 0.1) is 31.0 Å². The van der Waals surface area contributed by atoms with Crippen molar-refractivity contribution in [2.45, 2.75) is 94.5 Å². The second kappa shape index (κ2) is 11.5. The van der Waals surface area contributed by atoms with Crippen LogP contribution in [0.3, 0.4) is 0 Å². The van der Waals surface area contributed by atoms with Crippen molar-refractivity contribution in [3.05, 3.63) is 53.5 Å². The van der Waals surface area contributed by atoms with Crippen molar-refractivity contribution >= 4 is 0 Å². The van der Waals surface area contributed by atoms with Gasteiger partial charge >= 0.3 is 6.18 Å². The van der Waals surface area contributed by atoms with Crippen LogP contribution in [0.1, 0.15) is 98.4 Å². The molecule has 12 heteroatoms. The zero-order chi connectivity index (χ0) is 29.6. The highest BCUT2D eigenvalue weighted by Gasteiger charge is 2.46. The zero-order valence-corrected chi connectivity index (χ0v) is 24.7. The fourth-order valence-corrected chi connectivity index (χ4v) is 7.70. The van der Waals surface area contributed by atoms with Crippen molar-refractivity contribution in [1.29, 1.82) is 0 Å². The lowest BCUT2D eigenvalue weighted by Crippen LogP contribution is -2.46. The molecule has 0 bridgehead atoms. The second-order valence-electron chi connectivity index (χ2n) is 13.2. The Hall–Kier alpha value is -2.99. The number of likely N-dealkylation sites (tertiary alicyclic amines) is 1. The van der Waals surface area contributed by atoms with Crippen LogP contribution in [0.5, 0.6) is 5.88 Å². The van der Waals surface area contributed by atoms with Crippen LogP contribution in [0, 0.1) is 5.41 Å². The number of ether oxygens (including phenoxy) is 2. The van der Waals surface area contributed by atoms with Gasteiger partial charge in [0, 0.05) is 49.4 Å². The molecule has 4 fully saturated rings. The molecule has 2 saturated heterocycles. The first-order valence-electron chi connectivity index (χ1n) is 15.7. The number of aromatic nitrogens is 6.